The van der Waals surface area contributed by atoms with E-state index in [1.54, 1.807) is 72.9 Å². The minimum atomic E-state index is -0.495. The van der Waals surface area contributed by atoms with Crippen LogP contribution < -0.4 is 33.4 Å². The van der Waals surface area contributed by atoms with Crippen molar-refractivity contribution in [3.05, 3.63) is 109 Å². The van der Waals surface area contributed by atoms with Crippen molar-refractivity contribution in [1.29, 1.82) is 0 Å². The molecule has 2 aliphatic carbocycles. The third-order valence-corrected chi connectivity index (χ3v) is 14.7. The van der Waals surface area contributed by atoms with Crippen molar-refractivity contribution < 1.29 is 66.6 Å². The highest BCUT2D eigenvalue weighted by Crippen LogP contribution is 2.36. The van der Waals surface area contributed by atoms with Gasteiger partial charge in [0.25, 0.3) is 0 Å². The average molecular weight is 1100 g/mol. The molecule has 0 aliphatic heterocycles. The van der Waals surface area contributed by atoms with Crippen molar-refractivity contribution in [2.24, 2.45) is 28.8 Å². The van der Waals surface area contributed by atoms with E-state index in [9.17, 15) is 24.0 Å². The van der Waals surface area contributed by atoms with Crippen LogP contribution in [0.2, 0.25) is 0 Å². The van der Waals surface area contributed by atoms with Crippen LogP contribution in [0.5, 0.6) is 34.5 Å². The summed E-state index contributed by atoms with van der Waals surface area (Å²) < 4.78 is 51.8. The van der Waals surface area contributed by atoms with E-state index in [2.05, 4.69) is 20.4 Å². The maximum atomic E-state index is 13.9. The van der Waals surface area contributed by atoms with Crippen LogP contribution in [0.1, 0.15) is 109 Å². The van der Waals surface area contributed by atoms with Gasteiger partial charge in [-0.1, -0.05) is 69.6 Å². The summed E-state index contributed by atoms with van der Waals surface area (Å²) in [7, 11) is 0. The largest absolute Gasteiger partial charge is 0.494 e. The third-order valence-electron chi connectivity index (χ3n) is 13.6. The number of rotatable bonds is 31. The van der Waals surface area contributed by atoms with Crippen molar-refractivity contribution >= 4 is 62.7 Å². The molecule has 2 fully saturated rings. The molecule has 0 bridgehead atoms. The van der Waals surface area contributed by atoms with E-state index in [-0.39, 0.29) is 42.6 Å². The predicted octanol–water partition coefficient (Wildman–Crippen LogP) is 11.7. The van der Waals surface area contributed by atoms with Crippen molar-refractivity contribution in [3.8, 4) is 34.5 Å². The lowest BCUT2D eigenvalue weighted by Gasteiger charge is -2.26. The Morgan fingerprint density at radius 1 is 0.570 bits per heavy atom. The van der Waals surface area contributed by atoms with Crippen molar-refractivity contribution in [3.63, 3.8) is 0 Å². The molecule has 0 radical (unpaired) electrons. The Morgan fingerprint density at radius 3 is 1.62 bits per heavy atom. The van der Waals surface area contributed by atoms with Gasteiger partial charge in [0.1, 0.15) is 47.7 Å². The van der Waals surface area contributed by atoms with Crippen LogP contribution >= 0.6 is 11.3 Å². The van der Waals surface area contributed by atoms with E-state index in [1.807, 2.05) is 29.3 Å². The van der Waals surface area contributed by atoms with Gasteiger partial charge in [0.05, 0.1) is 73.1 Å². The molecular weight excluding hydrogens is 1030 g/mol. The van der Waals surface area contributed by atoms with Gasteiger partial charge in [-0.2, -0.15) is 5.10 Å². The van der Waals surface area contributed by atoms with Crippen molar-refractivity contribution in [2.45, 2.75) is 104 Å². The number of nitrogens with zero attached hydrogens (tertiary/aromatic N) is 3. The van der Waals surface area contributed by atoms with Gasteiger partial charge in [-0.15, -0.1) is 0 Å². The fourth-order valence-electron chi connectivity index (χ4n) is 9.04. The topological polar surface area (TPSA) is 197 Å². The summed E-state index contributed by atoms with van der Waals surface area (Å²) in [6.07, 6.45) is 12.4. The molecule has 2 saturated carbocycles. The highest BCUT2D eigenvalue weighted by molar-refractivity contribution is 7.22. The number of carbonyl (C=O) groups is 5. The van der Waals surface area contributed by atoms with Crippen LogP contribution in [0.15, 0.2) is 109 Å². The quantitative estimate of drug-likeness (QED) is 0.0101. The zero-order chi connectivity index (χ0) is 55.6. The average Bonchev–Trinajstić information content (AvgIpc) is 3.92. The standard InChI is InChI=1S/C61H73N3O14S/c1-4-7-9-12-33-64(61-63-53-13-10-11-14-55(53)79-61)62-42-47-41-52(77-59(68)45-17-15-43(16-18-45)57(66)75-50-27-23-48(24-28-50)72-34-8-5-2)31-32-54(47)78-60(69)46-21-19-44(20-22-46)58(67)76-51-29-25-49(26-30-51)73-39-37-70-35-36-71-38-40-74-56(65)6-3/h6,10-11,13-14,23-32,41-46H,3-5,7-9,12,15-22,33-40H2,1-2H3/b62-42+. The number of unbranched alkanes of at least 4 members (excludes halogenated alkanes) is 4. The number of para-hydroxylation sites is 1. The number of aromatic nitrogens is 1. The van der Waals surface area contributed by atoms with Gasteiger partial charge in [0.15, 0.2) is 0 Å². The maximum absolute atomic E-state index is 13.9. The summed E-state index contributed by atoms with van der Waals surface area (Å²) in [6, 6.07) is 26.6. The van der Waals surface area contributed by atoms with E-state index in [1.165, 1.54) is 11.3 Å². The Labute approximate surface area is 466 Å². The number of anilines is 1. The molecule has 0 amide bonds. The lowest BCUT2D eigenvalue weighted by molar-refractivity contribution is -0.145. The predicted molar refractivity (Wildman–Crippen MR) is 300 cm³/mol. The third kappa shape index (κ3) is 19.3. The summed E-state index contributed by atoms with van der Waals surface area (Å²) >= 11 is 1.54. The zero-order valence-corrected chi connectivity index (χ0v) is 46.2. The summed E-state index contributed by atoms with van der Waals surface area (Å²) in [5.41, 5.74) is 1.30. The second-order valence-corrected chi connectivity index (χ2v) is 20.5. The first-order chi connectivity index (χ1) is 38.6. The summed E-state index contributed by atoms with van der Waals surface area (Å²) in [5.74, 6) is -1.01. The van der Waals surface area contributed by atoms with Crippen LogP contribution in [0.4, 0.5) is 5.13 Å². The first-order valence-electron chi connectivity index (χ1n) is 27.7. The Bertz CT molecular complexity index is 2730. The molecule has 0 unspecified atom stereocenters. The first-order valence-corrected chi connectivity index (χ1v) is 28.5. The molecule has 17 nitrogen and oxygen atoms in total. The molecule has 1 heterocycles. The van der Waals surface area contributed by atoms with E-state index in [0.29, 0.717) is 114 Å². The van der Waals surface area contributed by atoms with Gasteiger partial charge in [0, 0.05) is 18.2 Å². The van der Waals surface area contributed by atoms with Gasteiger partial charge in [-0.05, 0) is 143 Å². The number of fused-ring (bicyclic) bond motifs is 1. The van der Waals surface area contributed by atoms with Crippen LogP contribution in [0.3, 0.4) is 0 Å². The Kier molecular flexibility index (Phi) is 24.1. The second-order valence-electron chi connectivity index (χ2n) is 19.5. The number of hydrazone groups is 1. The number of hydrogen-bond donors (Lipinski definition) is 0. The second kappa shape index (κ2) is 32.1. The molecule has 2 aliphatic rings. The fourth-order valence-corrected chi connectivity index (χ4v) is 9.99. The van der Waals surface area contributed by atoms with Crippen LogP contribution in [0.25, 0.3) is 10.2 Å². The normalized spacial score (nSPS) is 17.1. The van der Waals surface area contributed by atoms with Crippen LogP contribution in [-0.4, -0.2) is 93.8 Å². The lowest BCUT2D eigenvalue weighted by Crippen LogP contribution is -2.30. The first kappa shape index (κ1) is 59.5. The molecule has 0 saturated heterocycles. The molecule has 0 N–H and O–H groups in total. The molecule has 0 atom stereocenters. The SMILES string of the molecule is C=CC(=O)OCCOCCOCCOc1ccc(OC(=O)C2CCC(C(=O)Oc3ccc(OC(=O)C4CCC(C(=O)Oc5ccc(OCCCC)cc5)CC4)cc3/C=N/N(CCCCCC)c3nc4ccccc4s3)CC2)cc1. The smallest absolute Gasteiger partial charge is 0.330 e. The number of benzene rings is 4. The van der Waals surface area contributed by atoms with E-state index in [4.69, 9.17) is 52.7 Å². The summed E-state index contributed by atoms with van der Waals surface area (Å²) in [5, 5.41) is 7.51. The molecule has 1 aromatic heterocycles. The highest BCUT2D eigenvalue weighted by atomic mass is 32.1. The Balaban J connectivity index is 0.926. The van der Waals surface area contributed by atoms with Gasteiger partial charge >= 0.3 is 29.8 Å². The zero-order valence-electron chi connectivity index (χ0n) is 45.4. The lowest BCUT2D eigenvalue weighted by atomic mass is 9.82. The van der Waals surface area contributed by atoms with Gasteiger partial charge in [-0.3, -0.25) is 19.2 Å². The number of hydrogen-bond acceptors (Lipinski definition) is 18. The van der Waals surface area contributed by atoms with Crippen molar-refractivity contribution in [1.82, 2.24) is 4.98 Å². The van der Waals surface area contributed by atoms with Gasteiger partial charge in [-0.25, -0.2) is 14.8 Å². The van der Waals surface area contributed by atoms with Crippen molar-refractivity contribution in [2.75, 3.05) is 57.8 Å². The van der Waals surface area contributed by atoms with E-state index in [0.717, 1.165) is 65.7 Å². The van der Waals surface area contributed by atoms with E-state index >= 15 is 0 Å². The molecular formula is C61H73N3O14S. The van der Waals surface area contributed by atoms with Gasteiger partial charge in [0.2, 0.25) is 5.13 Å². The fraction of sp³-hybridized carbons (Fsp3) is 0.459. The Morgan fingerprint density at radius 2 is 1.06 bits per heavy atom. The molecule has 18 heteroatoms. The minimum absolute atomic E-state index is 0.144. The Hall–Kier alpha value is -7.15. The molecule has 4 aromatic carbocycles. The number of thiazole rings is 1. The number of esters is 5. The monoisotopic (exact) mass is 1100 g/mol. The highest BCUT2D eigenvalue weighted by Gasteiger charge is 2.34. The molecule has 5 aromatic rings. The van der Waals surface area contributed by atoms with Crippen LogP contribution in [-0.2, 0) is 38.2 Å². The molecule has 0 spiro atoms. The maximum Gasteiger partial charge on any atom is 0.330 e. The van der Waals surface area contributed by atoms with Gasteiger partial charge < -0.3 is 42.6 Å². The molecule has 7 rings (SSSR count). The summed E-state index contributed by atoms with van der Waals surface area (Å²) in [4.78, 5) is 70.0. The number of ether oxygens (including phenoxy) is 9. The summed E-state index contributed by atoms with van der Waals surface area (Å²) in [6.45, 7) is 10.6. The molecule has 79 heavy (non-hydrogen) atoms. The van der Waals surface area contributed by atoms with E-state index < -0.39 is 35.7 Å². The minimum Gasteiger partial charge on any atom is -0.494 e. The molecule has 422 valence electrons. The number of carbonyl (C=O) groups excluding carboxylic acids is 5. The van der Waals surface area contributed by atoms with Crippen LogP contribution in [0, 0.1) is 23.7 Å².